The summed E-state index contributed by atoms with van der Waals surface area (Å²) in [7, 11) is 0. The molecule has 5 rings (SSSR count). The van der Waals surface area contributed by atoms with Crippen molar-refractivity contribution in [2.75, 3.05) is 57.5 Å². The summed E-state index contributed by atoms with van der Waals surface area (Å²) in [6, 6.07) is 14.5. The van der Waals surface area contributed by atoms with Gasteiger partial charge in [0.1, 0.15) is 0 Å². The number of aromatic nitrogens is 1. The fraction of sp³-hybridized carbons (Fsp3) is 0.407. The molecule has 3 heterocycles. The highest BCUT2D eigenvalue weighted by atomic mass is 16.5. The highest BCUT2D eigenvalue weighted by Gasteiger charge is 2.26. The third kappa shape index (κ3) is 4.72. The van der Waals surface area contributed by atoms with Crippen molar-refractivity contribution in [1.82, 2.24) is 9.88 Å². The monoisotopic (exact) mass is 445 g/mol. The Morgan fingerprint density at radius 1 is 1.03 bits per heavy atom. The van der Waals surface area contributed by atoms with Crippen LogP contribution in [0.5, 0.6) is 0 Å². The van der Waals surface area contributed by atoms with E-state index in [0.717, 1.165) is 49.5 Å². The van der Waals surface area contributed by atoms with E-state index < -0.39 is 0 Å². The van der Waals surface area contributed by atoms with E-state index in [4.69, 9.17) is 9.47 Å². The first-order chi connectivity index (χ1) is 16.2. The summed E-state index contributed by atoms with van der Waals surface area (Å²) >= 11 is 0. The molecular weight excluding hydrogens is 414 g/mol. The quantitative estimate of drug-likeness (QED) is 0.613. The number of hydrogen-bond donors (Lipinski definition) is 0. The van der Waals surface area contributed by atoms with Crippen LogP contribution in [0.2, 0.25) is 0 Å². The zero-order valence-electron chi connectivity index (χ0n) is 19.2. The second-order valence-corrected chi connectivity index (χ2v) is 8.96. The molecule has 2 aliphatic rings. The van der Waals surface area contributed by atoms with Gasteiger partial charge in [-0.1, -0.05) is 24.3 Å². The molecule has 1 amide bonds. The minimum Gasteiger partial charge on any atom is -0.379 e. The Morgan fingerprint density at radius 2 is 1.85 bits per heavy atom. The molecule has 0 radical (unpaired) electrons. The molecule has 1 atom stereocenters. The van der Waals surface area contributed by atoms with Gasteiger partial charge in [-0.25, -0.2) is 0 Å². The number of hydrogen-bond acceptors (Lipinski definition) is 5. The molecule has 2 saturated heterocycles. The summed E-state index contributed by atoms with van der Waals surface area (Å²) in [5.41, 5.74) is 4.23. The molecule has 6 nitrogen and oxygen atoms in total. The molecule has 0 aliphatic carbocycles. The Kier molecular flexibility index (Phi) is 6.55. The molecule has 33 heavy (non-hydrogen) atoms. The van der Waals surface area contributed by atoms with Crippen LogP contribution in [-0.4, -0.2) is 68.4 Å². The Balaban J connectivity index is 1.35. The van der Waals surface area contributed by atoms with Crippen LogP contribution in [0, 0.1) is 12.8 Å². The third-order valence-electron chi connectivity index (χ3n) is 6.79. The summed E-state index contributed by atoms with van der Waals surface area (Å²) in [6.45, 7) is 7.78. The number of nitrogens with zero attached hydrogens (tertiary/aromatic N) is 3. The Labute approximate surface area is 195 Å². The van der Waals surface area contributed by atoms with E-state index in [0.29, 0.717) is 26.3 Å². The maximum absolute atomic E-state index is 13.6. The first kappa shape index (κ1) is 21.9. The lowest BCUT2D eigenvalue weighted by Crippen LogP contribution is -2.38. The maximum atomic E-state index is 13.6. The molecule has 0 N–H and O–H groups in total. The first-order valence-electron chi connectivity index (χ1n) is 11.8. The molecule has 0 bridgehead atoms. The molecule has 1 unspecified atom stereocenters. The van der Waals surface area contributed by atoms with Crippen molar-refractivity contribution in [3.05, 3.63) is 71.5 Å². The molecule has 0 saturated carbocycles. The molecule has 2 aliphatic heterocycles. The van der Waals surface area contributed by atoms with E-state index in [-0.39, 0.29) is 11.8 Å². The van der Waals surface area contributed by atoms with Crippen LogP contribution < -0.4 is 4.90 Å². The molecule has 3 aromatic rings. The van der Waals surface area contributed by atoms with Gasteiger partial charge in [0.05, 0.1) is 26.4 Å². The van der Waals surface area contributed by atoms with E-state index in [1.54, 1.807) is 0 Å². The van der Waals surface area contributed by atoms with Crippen molar-refractivity contribution in [2.45, 2.75) is 13.3 Å². The average Bonchev–Trinajstić information content (AvgIpc) is 3.10. The predicted molar refractivity (Wildman–Crippen MR) is 130 cm³/mol. The minimum atomic E-state index is 0.0951. The van der Waals surface area contributed by atoms with Crippen molar-refractivity contribution in [3.8, 4) is 0 Å². The molecular formula is C27H31N3O3. The lowest BCUT2D eigenvalue weighted by atomic mass is 9.95. The van der Waals surface area contributed by atoms with Crippen LogP contribution in [0.4, 0.5) is 5.69 Å². The van der Waals surface area contributed by atoms with Crippen LogP contribution in [0.1, 0.15) is 21.5 Å². The van der Waals surface area contributed by atoms with Gasteiger partial charge in [-0.05, 0) is 48.1 Å². The van der Waals surface area contributed by atoms with Gasteiger partial charge in [-0.2, -0.15) is 0 Å². The Morgan fingerprint density at radius 3 is 2.73 bits per heavy atom. The topological polar surface area (TPSA) is 54.9 Å². The Hall–Kier alpha value is -2.96. The van der Waals surface area contributed by atoms with Crippen LogP contribution >= 0.6 is 0 Å². The van der Waals surface area contributed by atoms with Crippen molar-refractivity contribution < 1.29 is 14.3 Å². The second kappa shape index (κ2) is 9.89. The number of fused-ring (bicyclic) bond motifs is 1. The van der Waals surface area contributed by atoms with Crippen LogP contribution in [0.25, 0.3) is 10.8 Å². The number of ether oxygens (including phenoxy) is 2. The average molecular weight is 446 g/mol. The smallest absolute Gasteiger partial charge is 0.254 e. The number of carbonyl (C=O) groups is 1. The number of pyridine rings is 1. The second-order valence-electron chi connectivity index (χ2n) is 8.96. The SMILES string of the molecule is Cc1c(C(=O)N2CCOCC(Cc3cccc4ccncc34)C2)cccc1N1CCOCC1. The first-order valence-corrected chi connectivity index (χ1v) is 11.8. The number of amides is 1. The fourth-order valence-electron chi connectivity index (χ4n) is 5.03. The lowest BCUT2D eigenvalue weighted by molar-refractivity contribution is 0.0736. The highest BCUT2D eigenvalue weighted by molar-refractivity contribution is 5.97. The highest BCUT2D eigenvalue weighted by Crippen LogP contribution is 2.27. The van der Waals surface area contributed by atoms with Crippen molar-refractivity contribution in [2.24, 2.45) is 5.92 Å². The van der Waals surface area contributed by atoms with Gasteiger partial charge in [-0.3, -0.25) is 9.78 Å². The summed E-state index contributed by atoms with van der Waals surface area (Å²) in [5, 5.41) is 2.37. The predicted octanol–water partition coefficient (Wildman–Crippen LogP) is 3.71. The number of carbonyl (C=O) groups excluding carboxylic acids is 1. The zero-order valence-corrected chi connectivity index (χ0v) is 19.2. The summed E-state index contributed by atoms with van der Waals surface area (Å²) < 4.78 is 11.4. The van der Waals surface area contributed by atoms with Gasteiger partial charge in [-0.15, -0.1) is 0 Å². The molecule has 1 aromatic heterocycles. The number of anilines is 1. The molecule has 6 heteroatoms. The summed E-state index contributed by atoms with van der Waals surface area (Å²) in [6.07, 6.45) is 4.62. The van der Waals surface area contributed by atoms with Gasteiger partial charge in [0, 0.05) is 61.1 Å². The van der Waals surface area contributed by atoms with E-state index in [1.165, 1.54) is 16.3 Å². The molecule has 2 fully saturated rings. The molecule has 172 valence electrons. The van der Waals surface area contributed by atoms with E-state index >= 15 is 0 Å². The normalized spacial score (nSPS) is 19.5. The third-order valence-corrected chi connectivity index (χ3v) is 6.79. The van der Waals surface area contributed by atoms with Gasteiger partial charge in [0.15, 0.2) is 0 Å². The van der Waals surface area contributed by atoms with Gasteiger partial charge < -0.3 is 19.3 Å². The van der Waals surface area contributed by atoms with E-state index in [2.05, 4.69) is 41.1 Å². The molecule has 0 spiro atoms. The summed E-state index contributed by atoms with van der Waals surface area (Å²) in [5.74, 6) is 0.336. The lowest BCUT2D eigenvalue weighted by Gasteiger charge is -2.31. The molecule has 2 aromatic carbocycles. The van der Waals surface area contributed by atoms with Crippen LogP contribution in [0.15, 0.2) is 54.9 Å². The van der Waals surface area contributed by atoms with Gasteiger partial charge in [0.25, 0.3) is 5.91 Å². The standard InChI is InChI=1S/C27H31N3O3/c1-20-24(6-3-7-26(20)29-10-13-32-14-11-29)27(31)30-12-15-33-19-21(18-30)16-23-5-2-4-22-8-9-28-17-25(22)23/h2-9,17,21H,10-16,18-19H2,1H3. The number of benzene rings is 2. The van der Waals surface area contributed by atoms with Crippen LogP contribution in [0.3, 0.4) is 0 Å². The van der Waals surface area contributed by atoms with Crippen LogP contribution in [-0.2, 0) is 15.9 Å². The van der Waals surface area contributed by atoms with Gasteiger partial charge in [0.2, 0.25) is 0 Å². The van der Waals surface area contributed by atoms with E-state index in [9.17, 15) is 4.79 Å². The summed E-state index contributed by atoms with van der Waals surface area (Å²) in [4.78, 5) is 22.2. The fourth-order valence-corrected chi connectivity index (χ4v) is 5.03. The number of rotatable bonds is 4. The van der Waals surface area contributed by atoms with E-state index in [1.807, 2.05) is 35.5 Å². The van der Waals surface area contributed by atoms with Gasteiger partial charge >= 0.3 is 0 Å². The van der Waals surface area contributed by atoms with Crippen molar-refractivity contribution in [1.29, 1.82) is 0 Å². The zero-order chi connectivity index (χ0) is 22.6. The minimum absolute atomic E-state index is 0.0951. The van der Waals surface area contributed by atoms with Crippen molar-refractivity contribution in [3.63, 3.8) is 0 Å². The maximum Gasteiger partial charge on any atom is 0.254 e. The Bertz CT molecular complexity index is 1120. The van der Waals surface area contributed by atoms with Crippen molar-refractivity contribution >= 4 is 22.4 Å². The largest absolute Gasteiger partial charge is 0.379 e. The number of morpholine rings is 1.